The second kappa shape index (κ2) is 6.23. The zero-order valence-corrected chi connectivity index (χ0v) is 12.6. The molecule has 2 rings (SSSR count). The van der Waals surface area contributed by atoms with Crippen LogP contribution in [0, 0.1) is 5.82 Å². The van der Waals surface area contributed by atoms with Gasteiger partial charge in [-0.05, 0) is 37.9 Å². The third-order valence-electron chi connectivity index (χ3n) is 3.03. The summed E-state index contributed by atoms with van der Waals surface area (Å²) in [5.74, 6) is -0.337. The first-order chi connectivity index (χ1) is 9.93. The van der Waals surface area contributed by atoms with E-state index in [1.54, 1.807) is 26.2 Å². The quantitative estimate of drug-likeness (QED) is 0.825. The summed E-state index contributed by atoms with van der Waals surface area (Å²) in [6.45, 7) is 1.84. The number of benzene rings is 1. The van der Waals surface area contributed by atoms with Crippen molar-refractivity contribution in [3.63, 3.8) is 0 Å². The van der Waals surface area contributed by atoms with Gasteiger partial charge in [-0.1, -0.05) is 6.07 Å². The molecule has 0 bridgehead atoms. The number of halogens is 1. The number of rotatable bonds is 4. The van der Waals surface area contributed by atoms with E-state index in [1.807, 2.05) is 6.92 Å². The van der Waals surface area contributed by atoms with Crippen LogP contribution >= 0.6 is 11.8 Å². The Hall–Kier alpha value is -1.93. The lowest BCUT2D eigenvalue weighted by molar-refractivity contribution is 0.551. The molecule has 1 unspecified atom stereocenters. The van der Waals surface area contributed by atoms with Crippen LogP contribution in [-0.2, 0) is 7.05 Å². The summed E-state index contributed by atoms with van der Waals surface area (Å²) in [6.07, 6.45) is 0. The first-order valence-corrected chi connectivity index (χ1v) is 7.06. The molecule has 0 fully saturated rings. The summed E-state index contributed by atoms with van der Waals surface area (Å²) in [4.78, 5) is 26.9. The molecule has 1 atom stereocenters. The van der Waals surface area contributed by atoms with Crippen LogP contribution < -0.4 is 16.4 Å². The van der Waals surface area contributed by atoms with Crippen LogP contribution in [0.3, 0.4) is 0 Å². The van der Waals surface area contributed by atoms with Gasteiger partial charge >= 0.3 is 11.1 Å². The molecule has 112 valence electrons. The Kier molecular flexibility index (Phi) is 4.59. The van der Waals surface area contributed by atoms with E-state index in [-0.39, 0.29) is 17.0 Å². The van der Waals surface area contributed by atoms with E-state index in [0.717, 1.165) is 11.8 Å². The molecule has 0 aliphatic carbocycles. The first kappa shape index (κ1) is 15.5. The smallest absolute Gasteiger partial charge is 0.313 e. The summed E-state index contributed by atoms with van der Waals surface area (Å²) >= 11 is 1.12. The van der Waals surface area contributed by atoms with Crippen molar-refractivity contribution in [1.82, 2.24) is 20.1 Å². The SMILES string of the molecule is CNC(C)c1c(F)cccc1Sc1nc(=O)c(=O)[nH]n1C. The monoisotopic (exact) mass is 310 g/mol. The van der Waals surface area contributed by atoms with Gasteiger partial charge < -0.3 is 5.32 Å². The number of aromatic amines is 1. The summed E-state index contributed by atoms with van der Waals surface area (Å²) < 4.78 is 15.4. The topological polar surface area (TPSA) is 79.8 Å². The highest BCUT2D eigenvalue weighted by Gasteiger charge is 2.16. The third kappa shape index (κ3) is 3.22. The molecule has 0 radical (unpaired) electrons. The molecule has 1 aromatic heterocycles. The molecule has 0 spiro atoms. The van der Waals surface area contributed by atoms with Gasteiger partial charge in [0.1, 0.15) is 5.82 Å². The maximum atomic E-state index is 14.0. The van der Waals surface area contributed by atoms with Gasteiger partial charge in [-0.2, -0.15) is 4.98 Å². The van der Waals surface area contributed by atoms with Crippen LogP contribution in [0.1, 0.15) is 18.5 Å². The van der Waals surface area contributed by atoms with Crippen LogP contribution in [0.2, 0.25) is 0 Å². The molecule has 2 aromatic rings. The fourth-order valence-electron chi connectivity index (χ4n) is 1.82. The van der Waals surface area contributed by atoms with Gasteiger partial charge in [-0.25, -0.2) is 4.39 Å². The number of H-pyrrole nitrogens is 1. The molecule has 6 nitrogen and oxygen atoms in total. The maximum Gasteiger partial charge on any atom is 0.339 e. The molecule has 21 heavy (non-hydrogen) atoms. The predicted molar refractivity (Wildman–Crippen MR) is 78.1 cm³/mol. The largest absolute Gasteiger partial charge is 0.339 e. The molecule has 0 aliphatic heterocycles. The van der Waals surface area contributed by atoms with Crippen molar-refractivity contribution in [1.29, 1.82) is 0 Å². The number of nitrogens with zero attached hydrogens (tertiary/aromatic N) is 2. The third-order valence-corrected chi connectivity index (χ3v) is 4.15. The Labute approximate surface area is 124 Å². The van der Waals surface area contributed by atoms with Crippen LogP contribution in [-0.4, -0.2) is 21.8 Å². The number of aromatic nitrogens is 3. The average molecular weight is 310 g/mol. The van der Waals surface area contributed by atoms with Crippen molar-refractivity contribution in [3.05, 3.63) is 50.3 Å². The van der Waals surface area contributed by atoms with E-state index < -0.39 is 11.1 Å². The summed E-state index contributed by atoms with van der Waals surface area (Å²) in [6, 6.07) is 4.52. The molecule has 0 saturated carbocycles. The second-order valence-corrected chi connectivity index (χ2v) is 5.47. The van der Waals surface area contributed by atoms with E-state index in [4.69, 9.17) is 0 Å². The van der Waals surface area contributed by atoms with E-state index in [2.05, 4.69) is 15.4 Å². The molecule has 0 aliphatic rings. The Morgan fingerprint density at radius 1 is 1.43 bits per heavy atom. The minimum atomic E-state index is -0.866. The Morgan fingerprint density at radius 2 is 2.14 bits per heavy atom. The van der Waals surface area contributed by atoms with Gasteiger partial charge in [0.05, 0.1) is 0 Å². The fraction of sp³-hybridized carbons (Fsp3) is 0.308. The van der Waals surface area contributed by atoms with Crippen LogP contribution in [0.5, 0.6) is 0 Å². The van der Waals surface area contributed by atoms with Crippen molar-refractivity contribution in [2.75, 3.05) is 7.05 Å². The van der Waals surface area contributed by atoms with Gasteiger partial charge in [-0.3, -0.25) is 19.4 Å². The van der Waals surface area contributed by atoms with E-state index in [0.29, 0.717) is 10.5 Å². The fourth-order valence-corrected chi connectivity index (χ4v) is 2.86. The number of aryl methyl sites for hydroxylation is 1. The summed E-state index contributed by atoms with van der Waals surface area (Å²) in [5.41, 5.74) is -1.16. The van der Waals surface area contributed by atoms with Gasteiger partial charge in [0.2, 0.25) is 0 Å². The van der Waals surface area contributed by atoms with Gasteiger partial charge in [0, 0.05) is 23.5 Å². The van der Waals surface area contributed by atoms with E-state index >= 15 is 0 Å². The van der Waals surface area contributed by atoms with E-state index in [1.165, 1.54) is 10.7 Å². The number of nitrogens with one attached hydrogen (secondary N) is 2. The van der Waals surface area contributed by atoms with Crippen molar-refractivity contribution >= 4 is 11.8 Å². The lowest BCUT2D eigenvalue weighted by atomic mass is 10.1. The second-order valence-electron chi connectivity index (χ2n) is 4.46. The Balaban J connectivity index is 2.50. The van der Waals surface area contributed by atoms with Crippen molar-refractivity contribution in [2.45, 2.75) is 23.0 Å². The van der Waals surface area contributed by atoms with Crippen molar-refractivity contribution in [3.8, 4) is 0 Å². The number of hydrogen-bond acceptors (Lipinski definition) is 5. The molecule has 0 saturated heterocycles. The molecule has 0 amide bonds. The molecule has 1 aromatic carbocycles. The maximum absolute atomic E-state index is 14.0. The van der Waals surface area contributed by atoms with Crippen LogP contribution in [0.4, 0.5) is 4.39 Å². The molecule has 8 heteroatoms. The highest BCUT2D eigenvalue weighted by molar-refractivity contribution is 7.99. The lowest BCUT2D eigenvalue weighted by Gasteiger charge is -2.16. The van der Waals surface area contributed by atoms with Crippen molar-refractivity contribution in [2.24, 2.45) is 7.05 Å². The zero-order chi connectivity index (χ0) is 15.6. The molecular weight excluding hydrogens is 295 g/mol. The minimum absolute atomic E-state index is 0.200. The zero-order valence-electron chi connectivity index (χ0n) is 11.8. The van der Waals surface area contributed by atoms with Crippen LogP contribution in [0.25, 0.3) is 0 Å². The average Bonchev–Trinajstić information content (AvgIpc) is 2.44. The highest BCUT2D eigenvalue weighted by Crippen LogP contribution is 2.32. The standard InChI is InChI=1S/C13H15FN4O2S/c1-7(15-2)10-8(14)5-4-6-9(10)21-13-16-11(19)12(20)17-18(13)3/h4-7,15H,1-3H3,(H,17,20). The molecule has 1 heterocycles. The summed E-state index contributed by atoms with van der Waals surface area (Å²) in [7, 11) is 3.30. The highest BCUT2D eigenvalue weighted by atomic mass is 32.2. The number of hydrogen-bond donors (Lipinski definition) is 2. The predicted octanol–water partition coefficient (Wildman–Crippen LogP) is 1.04. The summed E-state index contributed by atoms with van der Waals surface area (Å²) in [5, 5.41) is 5.63. The van der Waals surface area contributed by atoms with Crippen LogP contribution in [0.15, 0.2) is 37.8 Å². The van der Waals surface area contributed by atoms with Gasteiger partial charge in [0.25, 0.3) is 0 Å². The molecular formula is C13H15FN4O2S. The Morgan fingerprint density at radius 3 is 2.81 bits per heavy atom. The Bertz CT molecular complexity index is 771. The first-order valence-electron chi connectivity index (χ1n) is 6.25. The van der Waals surface area contributed by atoms with Crippen molar-refractivity contribution < 1.29 is 4.39 Å². The van der Waals surface area contributed by atoms with E-state index in [9.17, 15) is 14.0 Å². The normalized spacial score (nSPS) is 12.4. The minimum Gasteiger partial charge on any atom is -0.313 e. The lowest BCUT2D eigenvalue weighted by Crippen LogP contribution is -2.33. The van der Waals surface area contributed by atoms with Gasteiger partial charge in [-0.15, -0.1) is 0 Å². The molecule has 2 N–H and O–H groups in total. The van der Waals surface area contributed by atoms with Gasteiger partial charge in [0.15, 0.2) is 5.16 Å².